The molecule has 0 spiro atoms. The van der Waals surface area contributed by atoms with E-state index in [-0.39, 0.29) is 5.60 Å². The smallest absolute Gasteiger partial charge is 0.0835 e. The van der Waals surface area contributed by atoms with E-state index in [2.05, 4.69) is 25.7 Å². The van der Waals surface area contributed by atoms with Crippen molar-refractivity contribution in [2.24, 2.45) is 0 Å². The number of ether oxygens (including phenoxy) is 2. The van der Waals surface area contributed by atoms with Crippen molar-refractivity contribution in [1.29, 1.82) is 0 Å². The van der Waals surface area contributed by atoms with Gasteiger partial charge in [0.2, 0.25) is 0 Å². The van der Waals surface area contributed by atoms with Gasteiger partial charge in [-0.3, -0.25) is 4.90 Å². The Morgan fingerprint density at radius 2 is 1.73 bits per heavy atom. The van der Waals surface area contributed by atoms with E-state index >= 15 is 0 Å². The molecule has 0 aliphatic carbocycles. The molecular formula is C12H23NO2. The van der Waals surface area contributed by atoms with Crippen LogP contribution in [0, 0.1) is 0 Å². The van der Waals surface area contributed by atoms with E-state index in [0.29, 0.717) is 6.10 Å². The molecule has 2 aliphatic rings. The van der Waals surface area contributed by atoms with Crippen LogP contribution in [-0.4, -0.2) is 49.0 Å². The molecule has 0 aromatic carbocycles. The Hall–Kier alpha value is -0.120. The topological polar surface area (TPSA) is 21.7 Å². The lowest BCUT2D eigenvalue weighted by molar-refractivity contribution is -0.141. The molecule has 3 nitrogen and oxygen atoms in total. The largest absolute Gasteiger partial charge is 0.381 e. The Morgan fingerprint density at radius 1 is 1.13 bits per heavy atom. The highest BCUT2D eigenvalue weighted by Crippen LogP contribution is 2.24. The predicted octanol–water partition coefficient (Wildman–Crippen LogP) is 1.66. The van der Waals surface area contributed by atoms with E-state index < -0.39 is 0 Å². The monoisotopic (exact) mass is 213 g/mol. The maximum atomic E-state index is 5.92. The molecule has 3 heteroatoms. The maximum absolute atomic E-state index is 5.92. The highest BCUT2D eigenvalue weighted by Gasteiger charge is 2.35. The number of rotatable bonds is 2. The average Bonchev–Trinajstić information content (AvgIpc) is 2.11. The van der Waals surface area contributed by atoms with Gasteiger partial charge >= 0.3 is 0 Å². The molecule has 15 heavy (non-hydrogen) atoms. The fourth-order valence-electron chi connectivity index (χ4n) is 2.39. The summed E-state index contributed by atoms with van der Waals surface area (Å²) in [4.78, 5) is 2.54. The summed E-state index contributed by atoms with van der Waals surface area (Å²) in [6, 6.07) is 0.749. The molecule has 2 saturated heterocycles. The molecule has 0 aromatic heterocycles. The van der Waals surface area contributed by atoms with Crippen molar-refractivity contribution in [3.05, 3.63) is 0 Å². The Kier molecular flexibility index (Phi) is 3.33. The van der Waals surface area contributed by atoms with Gasteiger partial charge in [-0.15, -0.1) is 0 Å². The summed E-state index contributed by atoms with van der Waals surface area (Å²) in [7, 11) is 0. The van der Waals surface area contributed by atoms with Crippen molar-refractivity contribution in [2.45, 2.75) is 51.4 Å². The van der Waals surface area contributed by atoms with Crippen molar-refractivity contribution in [1.82, 2.24) is 4.90 Å². The van der Waals surface area contributed by atoms with Gasteiger partial charge in [0.25, 0.3) is 0 Å². The average molecular weight is 213 g/mol. The molecule has 0 saturated carbocycles. The molecule has 0 radical (unpaired) electrons. The van der Waals surface area contributed by atoms with Gasteiger partial charge in [-0.1, -0.05) is 0 Å². The van der Waals surface area contributed by atoms with Gasteiger partial charge in [-0.2, -0.15) is 0 Å². The molecule has 0 unspecified atom stereocenters. The van der Waals surface area contributed by atoms with Crippen LogP contribution in [0.5, 0.6) is 0 Å². The summed E-state index contributed by atoms with van der Waals surface area (Å²) >= 11 is 0. The minimum Gasteiger partial charge on any atom is -0.381 e. The maximum Gasteiger partial charge on any atom is 0.0835 e. The van der Waals surface area contributed by atoms with Crippen LogP contribution < -0.4 is 0 Å². The molecule has 0 N–H and O–H groups in total. The van der Waals surface area contributed by atoms with Gasteiger partial charge in [0.1, 0.15) is 0 Å². The van der Waals surface area contributed by atoms with Crippen molar-refractivity contribution >= 4 is 0 Å². The van der Waals surface area contributed by atoms with Gasteiger partial charge in [0.05, 0.1) is 11.7 Å². The van der Waals surface area contributed by atoms with Crippen LogP contribution in [0.2, 0.25) is 0 Å². The van der Waals surface area contributed by atoms with Crippen molar-refractivity contribution < 1.29 is 9.47 Å². The van der Waals surface area contributed by atoms with E-state index in [1.165, 1.54) is 12.8 Å². The SMILES string of the molecule is CC(C)(C)OC1CN(C2CCOCC2)C1. The highest BCUT2D eigenvalue weighted by molar-refractivity contribution is 4.88. The lowest BCUT2D eigenvalue weighted by atomic mass is 10.0. The predicted molar refractivity (Wildman–Crippen MR) is 60.0 cm³/mol. The molecule has 2 aliphatic heterocycles. The summed E-state index contributed by atoms with van der Waals surface area (Å²) in [6.07, 6.45) is 2.85. The Balaban J connectivity index is 1.68. The van der Waals surface area contributed by atoms with Crippen LogP contribution in [0.3, 0.4) is 0 Å². The molecule has 0 amide bonds. The molecule has 2 heterocycles. The van der Waals surface area contributed by atoms with Gasteiger partial charge in [-0.25, -0.2) is 0 Å². The van der Waals surface area contributed by atoms with Crippen LogP contribution >= 0.6 is 0 Å². The Morgan fingerprint density at radius 3 is 2.27 bits per heavy atom. The summed E-state index contributed by atoms with van der Waals surface area (Å²) in [5.41, 5.74) is 0.00638. The first kappa shape index (κ1) is 11.4. The Bertz CT molecular complexity index is 200. The van der Waals surface area contributed by atoms with E-state index in [1.54, 1.807) is 0 Å². The van der Waals surface area contributed by atoms with Gasteiger partial charge in [-0.05, 0) is 33.6 Å². The first-order valence-corrected chi connectivity index (χ1v) is 6.04. The molecule has 0 aromatic rings. The highest BCUT2D eigenvalue weighted by atomic mass is 16.5. The molecular weight excluding hydrogens is 190 g/mol. The zero-order chi connectivity index (χ0) is 10.9. The van der Waals surface area contributed by atoms with Crippen molar-refractivity contribution in [3.8, 4) is 0 Å². The van der Waals surface area contributed by atoms with Crippen LogP contribution in [0.25, 0.3) is 0 Å². The number of nitrogens with zero attached hydrogens (tertiary/aromatic N) is 1. The third kappa shape index (κ3) is 3.16. The van der Waals surface area contributed by atoms with Crippen LogP contribution in [-0.2, 0) is 9.47 Å². The zero-order valence-corrected chi connectivity index (χ0v) is 10.2. The zero-order valence-electron chi connectivity index (χ0n) is 10.2. The lowest BCUT2D eigenvalue weighted by Crippen LogP contribution is -2.58. The van der Waals surface area contributed by atoms with Crippen LogP contribution in [0.15, 0.2) is 0 Å². The second kappa shape index (κ2) is 4.40. The van der Waals surface area contributed by atoms with Crippen LogP contribution in [0.1, 0.15) is 33.6 Å². The van der Waals surface area contributed by atoms with E-state index in [1.807, 2.05) is 0 Å². The molecule has 2 fully saturated rings. The number of likely N-dealkylation sites (tertiary alicyclic amines) is 1. The standard InChI is InChI=1S/C12H23NO2/c1-12(2,3)15-11-8-13(9-11)10-4-6-14-7-5-10/h10-11H,4-9H2,1-3H3. The van der Waals surface area contributed by atoms with Gasteiger partial charge in [0, 0.05) is 32.3 Å². The van der Waals surface area contributed by atoms with Crippen molar-refractivity contribution in [3.63, 3.8) is 0 Å². The fraction of sp³-hybridized carbons (Fsp3) is 1.00. The number of hydrogen-bond acceptors (Lipinski definition) is 3. The molecule has 0 atom stereocenters. The Labute approximate surface area is 92.7 Å². The normalized spacial score (nSPS) is 26.6. The summed E-state index contributed by atoms with van der Waals surface area (Å²) in [5, 5.41) is 0. The third-order valence-electron chi connectivity index (χ3n) is 3.10. The van der Waals surface area contributed by atoms with Crippen molar-refractivity contribution in [2.75, 3.05) is 26.3 Å². The van der Waals surface area contributed by atoms with Gasteiger partial charge < -0.3 is 9.47 Å². The minimum absolute atomic E-state index is 0.00638. The first-order chi connectivity index (χ1) is 7.04. The molecule has 2 rings (SSSR count). The second-order valence-corrected chi connectivity index (χ2v) is 5.65. The van der Waals surface area contributed by atoms with Crippen LogP contribution in [0.4, 0.5) is 0 Å². The van der Waals surface area contributed by atoms with E-state index in [4.69, 9.17) is 9.47 Å². The third-order valence-corrected chi connectivity index (χ3v) is 3.10. The summed E-state index contributed by atoms with van der Waals surface area (Å²) in [6.45, 7) is 10.5. The van der Waals surface area contributed by atoms with Gasteiger partial charge in [0.15, 0.2) is 0 Å². The summed E-state index contributed by atoms with van der Waals surface area (Å²) in [5.74, 6) is 0. The van der Waals surface area contributed by atoms with E-state index in [0.717, 1.165) is 32.3 Å². The summed E-state index contributed by atoms with van der Waals surface area (Å²) < 4.78 is 11.3. The minimum atomic E-state index is 0.00638. The molecule has 88 valence electrons. The molecule has 0 bridgehead atoms. The lowest BCUT2D eigenvalue weighted by Gasteiger charge is -2.47. The second-order valence-electron chi connectivity index (χ2n) is 5.65. The van der Waals surface area contributed by atoms with E-state index in [9.17, 15) is 0 Å². The fourth-order valence-corrected chi connectivity index (χ4v) is 2.39. The quantitative estimate of drug-likeness (QED) is 0.696. The first-order valence-electron chi connectivity index (χ1n) is 6.04. The number of hydrogen-bond donors (Lipinski definition) is 0.